The Balaban J connectivity index is 1.84. The van der Waals surface area contributed by atoms with Crippen LogP contribution in [0.15, 0.2) is 22.6 Å². The Kier molecular flexibility index (Phi) is 4.02. The first-order valence-electron chi connectivity index (χ1n) is 7.86. The van der Waals surface area contributed by atoms with Crippen molar-refractivity contribution in [2.24, 2.45) is 0 Å². The zero-order chi connectivity index (χ0) is 16.6. The predicted molar refractivity (Wildman–Crippen MR) is 88.6 cm³/mol. The summed E-state index contributed by atoms with van der Waals surface area (Å²) in [6.07, 6.45) is 0.828. The van der Waals surface area contributed by atoms with Gasteiger partial charge in [0.15, 0.2) is 0 Å². The number of benzene rings is 1. The molecule has 1 aromatic heterocycles. The van der Waals surface area contributed by atoms with Gasteiger partial charge in [-0.3, -0.25) is 0 Å². The first-order valence-corrected chi connectivity index (χ1v) is 7.86. The molecule has 1 aromatic carbocycles. The Morgan fingerprint density at radius 1 is 1.30 bits per heavy atom. The quantitative estimate of drug-likeness (QED) is 0.935. The molecule has 3 rings (SSSR count). The zero-order valence-electron chi connectivity index (χ0n) is 14.4. The Morgan fingerprint density at radius 3 is 2.83 bits per heavy atom. The Labute approximate surface area is 136 Å². The number of ether oxygens (including phenoxy) is 1. The molecule has 6 nitrogen and oxygen atoms in total. The van der Waals surface area contributed by atoms with Gasteiger partial charge in [0.25, 0.3) is 0 Å². The number of nitrogens with one attached hydrogen (secondary N) is 1. The highest BCUT2D eigenvalue weighted by Gasteiger charge is 2.34. The molecule has 6 heteroatoms. The fourth-order valence-corrected chi connectivity index (χ4v) is 2.90. The largest absolute Gasteiger partial charge is 0.487 e. The van der Waals surface area contributed by atoms with Crippen LogP contribution in [0, 0.1) is 6.92 Å². The second kappa shape index (κ2) is 5.85. The molecule has 23 heavy (non-hydrogen) atoms. The molecule has 1 aliphatic heterocycles. The maximum atomic E-state index is 6.09. The van der Waals surface area contributed by atoms with Crippen molar-refractivity contribution >= 4 is 6.01 Å². The van der Waals surface area contributed by atoms with E-state index in [1.54, 1.807) is 0 Å². The van der Waals surface area contributed by atoms with Gasteiger partial charge in [0.1, 0.15) is 11.4 Å². The summed E-state index contributed by atoms with van der Waals surface area (Å²) in [7, 11) is 3.94. The van der Waals surface area contributed by atoms with Crippen LogP contribution >= 0.6 is 0 Å². The van der Waals surface area contributed by atoms with E-state index < -0.39 is 0 Å². The highest BCUT2D eigenvalue weighted by atomic mass is 16.5. The Bertz CT molecular complexity index is 694. The van der Waals surface area contributed by atoms with E-state index >= 15 is 0 Å². The fourth-order valence-electron chi connectivity index (χ4n) is 2.90. The average Bonchev–Trinajstić information content (AvgIpc) is 2.85. The molecule has 0 saturated heterocycles. The smallest absolute Gasteiger partial charge is 0.316 e. The van der Waals surface area contributed by atoms with Crippen molar-refractivity contribution in [1.82, 2.24) is 15.1 Å². The average molecular weight is 316 g/mol. The van der Waals surface area contributed by atoms with Gasteiger partial charge in [-0.15, -0.1) is 5.10 Å². The molecular weight excluding hydrogens is 292 g/mol. The summed E-state index contributed by atoms with van der Waals surface area (Å²) in [5.74, 6) is 1.52. The Morgan fingerprint density at radius 2 is 2.09 bits per heavy atom. The third-order valence-electron chi connectivity index (χ3n) is 3.84. The van der Waals surface area contributed by atoms with Gasteiger partial charge in [0.2, 0.25) is 5.89 Å². The monoisotopic (exact) mass is 316 g/mol. The standard InChI is InChI=1S/C17H24N4O2/c1-11-6-7-14-12(8-11)13(9-17(2,3)23-14)18-16-20-19-15(22-16)10-21(4)5/h6-8,13H,9-10H2,1-5H3,(H,18,20). The minimum absolute atomic E-state index is 0.0845. The summed E-state index contributed by atoms with van der Waals surface area (Å²) in [6, 6.07) is 6.79. The van der Waals surface area contributed by atoms with Crippen LogP contribution in [0.2, 0.25) is 0 Å². The lowest BCUT2D eigenvalue weighted by atomic mass is 9.89. The van der Waals surface area contributed by atoms with Crippen LogP contribution in [0.1, 0.15) is 43.3 Å². The highest BCUT2D eigenvalue weighted by molar-refractivity contribution is 5.44. The van der Waals surface area contributed by atoms with Gasteiger partial charge in [0.05, 0.1) is 12.6 Å². The van der Waals surface area contributed by atoms with Crippen molar-refractivity contribution in [2.75, 3.05) is 19.4 Å². The minimum atomic E-state index is -0.244. The van der Waals surface area contributed by atoms with Crippen molar-refractivity contribution in [1.29, 1.82) is 0 Å². The molecule has 0 fully saturated rings. The third kappa shape index (κ3) is 3.64. The number of aromatic nitrogens is 2. The molecule has 124 valence electrons. The number of fused-ring (bicyclic) bond motifs is 1. The van der Waals surface area contributed by atoms with E-state index in [9.17, 15) is 0 Å². The van der Waals surface area contributed by atoms with Crippen molar-refractivity contribution in [3.05, 3.63) is 35.2 Å². The van der Waals surface area contributed by atoms with Crippen LogP contribution in [0.3, 0.4) is 0 Å². The topological polar surface area (TPSA) is 63.4 Å². The molecule has 2 aromatic rings. The van der Waals surface area contributed by atoms with Crippen LogP contribution in [0.25, 0.3) is 0 Å². The number of anilines is 1. The number of rotatable bonds is 4. The first kappa shape index (κ1) is 15.8. The van der Waals surface area contributed by atoms with Gasteiger partial charge in [-0.1, -0.05) is 22.8 Å². The lowest BCUT2D eigenvalue weighted by molar-refractivity contribution is 0.0755. The molecule has 0 aliphatic carbocycles. The van der Waals surface area contributed by atoms with E-state index in [0.717, 1.165) is 17.7 Å². The second-order valence-electron chi connectivity index (χ2n) is 7.04. The van der Waals surface area contributed by atoms with E-state index in [-0.39, 0.29) is 11.6 Å². The lowest BCUT2D eigenvalue weighted by Crippen LogP contribution is -2.37. The molecule has 0 spiro atoms. The highest BCUT2D eigenvalue weighted by Crippen LogP contribution is 2.41. The van der Waals surface area contributed by atoms with Gasteiger partial charge in [0, 0.05) is 12.0 Å². The van der Waals surface area contributed by atoms with E-state index in [1.165, 1.54) is 5.56 Å². The second-order valence-corrected chi connectivity index (χ2v) is 7.04. The van der Waals surface area contributed by atoms with Gasteiger partial charge in [-0.2, -0.15) is 0 Å². The third-order valence-corrected chi connectivity index (χ3v) is 3.84. The van der Waals surface area contributed by atoms with E-state index in [1.807, 2.05) is 25.1 Å². The Hall–Kier alpha value is -2.08. The lowest BCUT2D eigenvalue weighted by Gasteiger charge is -2.37. The van der Waals surface area contributed by atoms with Crippen molar-refractivity contribution < 1.29 is 9.15 Å². The molecule has 1 N–H and O–H groups in total. The van der Waals surface area contributed by atoms with Crippen molar-refractivity contribution in [3.8, 4) is 5.75 Å². The zero-order valence-corrected chi connectivity index (χ0v) is 14.4. The van der Waals surface area contributed by atoms with Crippen LogP contribution in [0.5, 0.6) is 5.75 Å². The molecule has 0 radical (unpaired) electrons. The van der Waals surface area contributed by atoms with Gasteiger partial charge < -0.3 is 19.4 Å². The summed E-state index contributed by atoms with van der Waals surface area (Å²) in [6.45, 7) is 6.90. The molecule has 1 unspecified atom stereocenters. The summed E-state index contributed by atoms with van der Waals surface area (Å²) in [5, 5.41) is 11.6. The van der Waals surface area contributed by atoms with Gasteiger partial charge >= 0.3 is 6.01 Å². The molecule has 2 heterocycles. The maximum Gasteiger partial charge on any atom is 0.316 e. The molecular formula is C17H24N4O2. The normalized spacial score (nSPS) is 19.3. The van der Waals surface area contributed by atoms with Crippen LogP contribution in [-0.2, 0) is 6.54 Å². The maximum absolute atomic E-state index is 6.09. The number of nitrogens with zero attached hydrogens (tertiary/aromatic N) is 3. The van der Waals surface area contributed by atoms with Crippen molar-refractivity contribution in [3.63, 3.8) is 0 Å². The number of hydrogen-bond acceptors (Lipinski definition) is 6. The number of aryl methyl sites for hydroxylation is 1. The van der Waals surface area contributed by atoms with E-state index in [4.69, 9.17) is 9.15 Å². The van der Waals surface area contributed by atoms with Crippen LogP contribution in [-0.4, -0.2) is 34.8 Å². The SMILES string of the molecule is Cc1ccc2c(c1)C(Nc1nnc(CN(C)C)o1)CC(C)(C)O2. The van der Waals surface area contributed by atoms with Crippen molar-refractivity contribution in [2.45, 2.75) is 45.4 Å². The minimum Gasteiger partial charge on any atom is -0.487 e. The summed E-state index contributed by atoms with van der Waals surface area (Å²) in [4.78, 5) is 1.99. The summed E-state index contributed by atoms with van der Waals surface area (Å²) >= 11 is 0. The first-order chi connectivity index (χ1) is 10.8. The molecule has 0 amide bonds. The molecule has 0 saturated carbocycles. The number of hydrogen-bond donors (Lipinski definition) is 1. The summed E-state index contributed by atoms with van der Waals surface area (Å²) in [5.41, 5.74) is 2.10. The predicted octanol–water partition coefficient (Wildman–Crippen LogP) is 3.15. The van der Waals surface area contributed by atoms with E-state index in [0.29, 0.717) is 18.5 Å². The van der Waals surface area contributed by atoms with Gasteiger partial charge in [-0.25, -0.2) is 0 Å². The van der Waals surface area contributed by atoms with Crippen LogP contribution in [0.4, 0.5) is 6.01 Å². The van der Waals surface area contributed by atoms with Gasteiger partial charge in [-0.05, 0) is 40.9 Å². The molecule has 1 atom stereocenters. The molecule has 0 bridgehead atoms. The fraction of sp³-hybridized carbons (Fsp3) is 0.529. The van der Waals surface area contributed by atoms with Crippen LogP contribution < -0.4 is 10.1 Å². The summed E-state index contributed by atoms with van der Waals surface area (Å²) < 4.78 is 11.8. The molecule has 1 aliphatic rings. The van der Waals surface area contributed by atoms with E-state index in [2.05, 4.69) is 48.4 Å².